The first-order chi connectivity index (χ1) is 12.3. The summed E-state index contributed by atoms with van der Waals surface area (Å²) >= 11 is 0. The molecule has 132 valence electrons. The molecule has 4 rings (SSSR count). The molecular weight excluding hydrogens is 349 g/mol. The summed E-state index contributed by atoms with van der Waals surface area (Å²) in [5, 5.41) is 0.380. The number of halogens is 3. The first kappa shape index (κ1) is 16.3. The zero-order valence-corrected chi connectivity index (χ0v) is 13.4. The molecule has 4 aromatic rings. The van der Waals surface area contributed by atoms with Crippen LogP contribution in [0, 0.1) is 0 Å². The van der Waals surface area contributed by atoms with Gasteiger partial charge in [0.05, 0.1) is 34.3 Å². The molecule has 0 saturated heterocycles. The number of aromatic nitrogens is 2. The van der Waals surface area contributed by atoms with E-state index in [2.05, 4.69) is 4.98 Å². The fourth-order valence-electron chi connectivity index (χ4n) is 3.18. The first-order valence-electron chi connectivity index (χ1n) is 7.77. The minimum atomic E-state index is -4.55. The van der Waals surface area contributed by atoms with Gasteiger partial charge >= 0.3 is 12.1 Å². The van der Waals surface area contributed by atoms with E-state index >= 15 is 0 Å². The van der Waals surface area contributed by atoms with Crippen LogP contribution in [0.25, 0.3) is 27.3 Å². The van der Waals surface area contributed by atoms with E-state index in [0.717, 1.165) is 12.1 Å². The molecule has 0 spiro atoms. The van der Waals surface area contributed by atoms with Crippen LogP contribution in [0.15, 0.2) is 41.3 Å². The summed E-state index contributed by atoms with van der Waals surface area (Å²) in [7, 11) is 0. The number of hydrogen-bond donors (Lipinski definition) is 0. The molecule has 0 fully saturated rings. The monoisotopic (exact) mass is 360 g/mol. The van der Waals surface area contributed by atoms with Crippen molar-refractivity contribution >= 4 is 33.3 Å². The SMILES string of the molecule is CCOC(=O)c1cnc2ccc(=O)n3c4ccc(C(F)(F)F)cc4c1c23. The third-order valence-corrected chi connectivity index (χ3v) is 4.24. The van der Waals surface area contributed by atoms with Crippen molar-refractivity contribution in [3.05, 3.63) is 58.0 Å². The van der Waals surface area contributed by atoms with Gasteiger partial charge in [-0.25, -0.2) is 4.79 Å². The van der Waals surface area contributed by atoms with Gasteiger partial charge < -0.3 is 4.74 Å². The van der Waals surface area contributed by atoms with Crippen molar-refractivity contribution in [3.63, 3.8) is 0 Å². The molecule has 0 bridgehead atoms. The first-order valence-corrected chi connectivity index (χ1v) is 7.77. The standard InChI is InChI=1S/C18H11F3N2O3/c1-2-26-17(25)11-8-22-12-4-6-14(24)23-13-5-3-9(18(19,20)21)7-10(13)15(11)16(12)23/h3-8H,2H2,1H3. The van der Waals surface area contributed by atoms with Crippen molar-refractivity contribution < 1.29 is 22.7 Å². The van der Waals surface area contributed by atoms with Gasteiger partial charge in [-0.1, -0.05) is 0 Å². The molecule has 1 aromatic carbocycles. The number of fused-ring (bicyclic) bond motifs is 3. The smallest absolute Gasteiger partial charge is 0.416 e. The number of nitrogens with zero attached hydrogens (tertiary/aromatic N) is 2. The van der Waals surface area contributed by atoms with Crippen LogP contribution in [-0.2, 0) is 10.9 Å². The molecule has 0 saturated carbocycles. The number of rotatable bonds is 2. The van der Waals surface area contributed by atoms with Gasteiger partial charge in [0.25, 0.3) is 5.56 Å². The number of carbonyl (C=O) groups excluding carboxylic acids is 1. The van der Waals surface area contributed by atoms with Crippen LogP contribution in [0.2, 0.25) is 0 Å². The number of hydrogen-bond acceptors (Lipinski definition) is 4. The van der Waals surface area contributed by atoms with Crippen molar-refractivity contribution in [3.8, 4) is 0 Å². The molecule has 26 heavy (non-hydrogen) atoms. The lowest BCUT2D eigenvalue weighted by molar-refractivity contribution is -0.137. The fraction of sp³-hybridized carbons (Fsp3) is 0.167. The lowest BCUT2D eigenvalue weighted by Gasteiger charge is -2.07. The molecule has 0 atom stereocenters. The van der Waals surface area contributed by atoms with Crippen LogP contribution < -0.4 is 5.56 Å². The summed E-state index contributed by atoms with van der Waals surface area (Å²) in [6.45, 7) is 1.73. The normalized spacial score (nSPS) is 12.3. The molecule has 0 unspecified atom stereocenters. The fourth-order valence-corrected chi connectivity index (χ4v) is 3.18. The highest BCUT2D eigenvalue weighted by atomic mass is 19.4. The highest BCUT2D eigenvalue weighted by Gasteiger charge is 2.31. The number of pyridine rings is 2. The number of ether oxygens (including phenoxy) is 1. The molecule has 5 nitrogen and oxygen atoms in total. The molecular formula is C18H11F3N2O3. The Balaban J connectivity index is 2.24. The molecule has 0 N–H and O–H groups in total. The van der Waals surface area contributed by atoms with Crippen molar-refractivity contribution in [2.24, 2.45) is 0 Å². The average Bonchev–Trinajstić information content (AvgIpc) is 2.94. The topological polar surface area (TPSA) is 60.7 Å². The lowest BCUT2D eigenvalue weighted by Crippen LogP contribution is -2.11. The summed E-state index contributed by atoms with van der Waals surface area (Å²) in [5.74, 6) is -0.704. The number of esters is 1. The third kappa shape index (κ3) is 2.22. The van der Waals surface area contributed by atoms with Crippen LogP contribution in [0.4, 0.5) is 13.2 Å². The Kier molecular flexibility index (Phi) is 3.40. The summed E-state index contributed by atoms with van der Waals surface area (Å²) < 4.78 is 45.8. The maximum absolute atomic E-state index is 13.2. The highest BCUT2D eigenvalue weighted by molar-refractivity contribution is 6.20. The van der Waals surface area contributed by atoms with Gasteiger partial charge in [0.15, 0.2) is 0 Å². The van der Waals surface area contributed by atoms with Gasteiger partial charge in [0, 0.05) is 23.0 Å². The molecule has 3 heterocycles. The molecule has 0 aliphatic rings. The number of benzene rings is 1. The van der Waals surface area contributed by atoms with Gasteiger partial charge in [-0.2, -0.15) is 13.2 Å². The van der Waals surface area contributed by atoms with Crippen molar-refractivity contribution in [1.29, 1.82) is 0 Å². The van der Waals surface area contributed by atoms with E-state index in [1.807, 2.05) is 0 Å². The molecule has 3 aromatic heterocycles. The summed E-state index contributed by atoms with van der Waals surface area (Å²) in [5.41, 5.74) is -0.273. The van der Waals surface area contributed by atoms with Gasteiger partial charge in [0.1, 0.15) is 0 Å². The maximum atomic E-state index is 13.2. The lowest BCUT2D eigenvalue weighted by atomic mass is 10.1. The van der Waals surface area contributed by atoms with E-state index in [-0.39, 0.29) is 28.5 Å². The Morgan fingerprint density at radius 1 is 1.23 bits per heavy atom. The van der Waals surface area contributed by atoms with E-state index < -0.39 is 23.3 Å². The zero-order chi connectivity index (χ0) is 18.6. The zero-order valence-electron chi connectivity index (χ0n) is 13.4. The summed E-state index contributed by atoms with van der Waals surface area (Å²) in [6, 6.07) is 5.85. The van der Waals surface area contributed by atoms with Crippen LogP contribution in [0.1, 0.15) is 22.8 Å². The molecule has 0 aliphatic heterocycles. The van der Waals surface area contributed by atoms with Gasteiger partial charge in [-0.15, -0.1) is 0 Å². The Morgan fingerprint density at radius 2 is 2.00 bits per heavy atom. The molecule has 0 amide bonds. The minimum Gasteiger partial charge on any atom is -0.462 e. The average molecular weight is 360 g/mol. The second-order valence-corrected chi connectivity index (χ2v) is 5.74. The van der Waals surface area contributed by atoms with E-state index in [1.54, 1.807) is 6.92 Å². The highest BCUT2D eigenvalue weighted by Crippen LogP contribution is 2.37. The molecule has 0 aliphatic carbocycles. The van der Waals surface area contributed by atoms with Crippen LogP contribution in [0.5, 0.6) is 0 Å². The quantitative estimate of drug-likeness (QED) is 0.512. The Morgan fingerprint density at radius 3 is 2.69 bits per heavy atom. The predicted octanol–water partition coefficient (Wildman–Crippen LogP) is 3.63. The molecule has 0 radical (unpaired) electrons. The summed E-state index contributed by atoms with van der Waals surface area (Å²) in [4.78, 5) is 28.8. The van der Waals surface area contributed by atoms with E-state index in [0.29, 0.717) is 11.0 Å². The maximum Gasteiger partial charge on any atom is 0.416 e. The minimum absolute atomic E-state index is 0.0248. The van der Waals surface area contributed by atoms with E-state index in [9.17, 15) is 22.8 Å². The number of carbonyl (C=O) groups is 1. The summed E-state index contributed by atoms with van der Waals surface area (Å²) in [6.07, 6.45) is -3.29. The van der Waals surface area contributed by atoms with Gasteiger partial charge in [-0.05, 0) is 31.2 Å². The Bertz CT molecular complexity index is 1230. The predicted molar refractivity (Wildman–Crippen MR) is 88.6 cm³/mol. The van der Waals surface area contributed by atoms with Crippen LogP contribution >= 0.6 is 0 Å². The molecule has 8 heteroatoms. The van der Waals surface area contributed by atoms with Crippen LogP contribution in [0.3, 0.4) is 0 Å². The van der Waals surface area contributed by atoms with Gasteiger partial charge in [0.2, 0.25) is 0 Å². The van der Waals surface area contributed by atoms with Crippen molar-refractivity contribution in [2.45, 2.75) is 13.1 Å². The van der Waals surface area contributed by atoms with E-state index in [4.69, 9.17) is 4.74 Å². The second kappa shape index (κ2) is 5.42. The second-order valence-electron chi connectivity index (χ2n) is 5.74. The number of alkyl halides is 3. The van der Waals surface area contributed by atoms with Crippen molar-refractivity contribution in [1.82, 2.24) is 9.38 Å². The Labute approximate surface area is 144 Å². The van der Waals surface area contributed by atoms with Crippen LogP contribution in [-0.4, -0.2) is 22.0 Å². The van der Waals surface area contributed by atoms with Crippen molar-refractivity contribution in [2.75, 3.05) is 6.61 Å². The Hall–Kier alpha value is -3.16. The largest absolute Gasteiger partial charge is 0.462 e. The van der Waals surface area contributed by atoms with E-state index in [1.165, 1.54) is 28.8 Å². The third-order valence-electron chi connectivity index (χ3n) is 4.24. The van der Waals surface area contributed by atoms with Gasteiger partial charge in [-0.3, -0.25) is 14.2 Å².